The van der Waals surface area contributed by atoms with Gasteiger partial charge in [-0.15, -0.1) is 0 Å². The molecule has 0 aliphatic carbocycles. The highest BCUT2D eigenvalue weighted by Crippen LogP contribution is 2.34. The maximum absolute atomic E-state index is 10.6. The molecule has 20 heavy (non-hydrogen) atoms. The Morgan fingerprint density at radius 2 is 1.60 bits per heavy atom. The molecule has 0 aliphatic heterocycles. The van der Waals surface area contributed by atoms with Crippen molar-refractivity contribution >= 4 is 34.1 Å². The van der Waals surface area contributed by atoms with Crippen molar-refractivity contribution in [2.45, 2.75) is 6.10 Å². The minimum Gasteiger partial charge on any atom is -0.384 e. The van der Waals surface area contributed by atoms with E-state index in [2.05, 4.69) is 4.98 Å². The van der Waals surface area contributed by atoms with Gasteiger partial charge in [0.2, 0.25) is 0 Å². The molecule has 1 unspecified atom stereocenters. The molecule has 4 heteroatoms. The SMILES string of the molecule is OC(c1cccc(Cl)c1Cl)c1cccc2cccnc12. The molecule has 2 aromatic carbocycles. The van der Waals surface area contributed by atoms with Gasteiger partial charge in [-0.1, -0.05) is 59.6 Å². The molecule has 1 aromatic heterocycles. The summed E-state index contributed by atoms with van der Waals surface area (Å²) in [4.78, 5) is 4.34. The van der Waals surface area contributed by atoms with E-state index in [-0.39, 0.29) is 0 Å². The van der Waals surface area contributed by atoms with Gasteiger partial charge in [0.1, 0.15) is 6.10 Å². The smallest absolute Gasteiger partial charge is 0.108 e. The van der Waals surface area contributed by atoms with Crippen molar-refractivity contribution in [1.29, 1.82) is 0 Å². The van der Waals surface area contributed by atoms with Gasteiger partial charge in [-0.05, 0) is 12.1 Å². The van der Waals surface area contributed by atoms with E-state index < -0.39 is 6.10 Å². The average molecular weight is 304 g/mol. The number of nitrogens with zero attached hydrogens (tertiary/aromatic N) is 1. The minimum atomic E-state index is -0.861. The standard InChI is InChI=1S/C16H11Cl2NO/c17-13-8-2-6-11(14(13)18)16(20)12-7-1-4-10-5-3-9-19-15(10)12/h1-9,16,20H. The molecule has 1 heterocycles. The van der Waals surface area contributed by atoms with Gasteiger partial charge in [0.05, 0.1) is 15.6 Å². The third kappa shape index (κ3) is 2.27. The average Bonchev–Trinajstić information content (AvgIpc) is 2.49. The number of aromatic nitrogens is 1. The lowest BCUT2D eigenvalue weighted by atomic mass is 9.99. The molecule has 1 atom stereocenters. The normalized spacial score (nSPS) is 12.6. The summed E-state index contributed by atoms with van der Waals surface area (Å²) in [5.41, 5.74) is 2.06. The van der Waals surface area contributed by atoms with Gasteiger partial charge in [-0.3, -0.25) is 4.98 Å². The van der Waals surface area contributed by atoms with Crippen LogP contribution in [0.15, 0.2) is 54.7 Å². The first-order chi connectivity index (χ1) is 9.68. The molecule has 2 nitrogen and oxygen atoms in total. The molecular formula is C16H11Cl2NO. The molecule has 3 aromatic rings. The predicted octanol–water partition coefficient (Wildman–Crippen LogP) is 4.62. The second-order valence-electron chi connectivity index (χ2n) is 4.47. The zero-order chi connectivity index (χ0) is 14.1. The van der Waals surface area contributed by atoms with Crippen LogP contribution in [-0.2, 0) is 0 Å². The van der Waals surface area contributed by atoms with Gasteiger partial charge in [-0.25, -0.2) is 0 Å². The van der Waals surface area contributed by atoms with E-state index >= 15 is 0 Å². The van der Waals surface area contributed by atoms with Crippen LogP contribution in [0.4, 0.5) is 0 Å². The number of aliphatic hydroxyl groups is 1. The van der Waals surface area contributed by atoms with Gasteiger partial charge in [0.15, 0.2) is 0 Å². The number of aliphatic hydroxyl groups excluding tert-OH is 1. The Hall–Kier alpha value is -1.61. The summed E-state index contributed by atoms with van der Waals surface area (Å²) < 4.78 is 0. The van der Waals surface area contributed by atoms with Crippen molar-refractivity contribution in [3.05, 3.63) is 75.9 Å². The van der Waals surface area contributed by atoms with Crippen LogP contribution in [0.1, 0.15) is 17.2 Å². The molecule has 1 N–H and O–H groups in total. The summed E-state index contributed by atoms with van der Waals surface area (Å²) in [7, 11) is 0. The topological polar surface area (TPSA) is 33.1 Å². The number of benzene rings is 2. The van der Waals surface area contributed by atoms with Gasteiger partial charge in [-0.2, -0.15) is 0 Å². The third-order valence-corrected chi connectivity index (χ3v) is 4.07. The molecule has 0 fully saturated rings. The molecule has 0 aliphatic rings. The molecule has 100 valence electrons. The van der Waals surface area contributed by atoms with E-state index in [0.29, 0.717) is 21.2 Å². The molecule has 0 spiro atoms. The number of halogens is 2. The van der Waals surface area contributed by atoms with Crippen molar-refractivity contribution in [3.8, 4) is 0 Å². The Balaban J connectivity index is 2.18. The van der Waals surface area contributed by atoms with Crippen molar-refractivity contribution in [2.24, 2.45) is 0 Å². The first-order valence-electron chi connectivity index (χ1n) is 6.14. The van der Waals surface area contributed by atoms with Crippen molar-refractivity contribution in [3.63, 3.8) is 0 Å². The van der Waals surface area contributed by atoms with Crippen molar-refractivity contribution in [1.82, 2.24) is 4.98 Å². The maximum atomic E-state index is 10.6. The van der Waals surface area contributed by atoms with Crippen LogP contribution in [0.25, 0.3) is 10.9 Å². The fraction of sp³-hybridized carbons (Fsp3) is 0.0625. The molecule has 0 saturated carbocycles. The highest BCUT2D eigenvalue weighted by molar-refractivity contribution is 6.42. The van der Waals surface area contributed by atoms with E-state index in [1.54, 1.807) is 24.4 Å². The van der Waals surface area contributed by atoms with Crippen LogP contribution in [0.5, 0.6) is 0 Å². The number of rotatable bonds is 2. The molecule has 0 amide bonds. The molecule has 3 rings (SSSR count). The van der Waals surface area contributed by atoms with Gasteiger partial charge >= 0.3 is 0 Å². The maximum Gasteiger partial charge on any atom is 0.108 e. The highest BCUT2D eigenvalue weighted by atomic mass is 35.5. The summed E-state index contributed by atoms with van der Waals surface area (Å²) >= 11 is 12.2. The molecule has 0 radical (unpaired) electrons. The van der Waals surface area contributed by atoms with Crippen LogP contribution < -0.4 is 0 Å². The first kappa shape index (κ1) is 13.4. The Bertz CT molecular complexity index is 768. The lowest BCUT2D eigenvalue weighted by molar-refractivity contribution is 0.222. The monoisotopic (exact) mass is 303 g/mol. The van der Waals surface area contributed by atoms with Gasteiger partial charge in [0, 0.05) is 22.7 Å². The predicted molar refractivity (Wildman–Crippen MR) is 82.3 cm³/mol. The van der Waals surface area contributed by atoms with Crippen LogP contribution in [-0.4, -0.2) is 10.1 Å². The van der Waals surface area contributed by atoms with Crippen molar-refractivity contribution in [2.75, 3.05) is 0 Å². The van der Waals surface area contributed by atoms with Gasteiger partial charge < -0.3 is 5.11 Å². The summed E-state index contributed by atoms with van der Waals surface area (Å²) in [6.45, 7) is 0. The Morgan fingerprint density at radius 3 is 2.45 bits per heavy atom. The Kier molecular flexibility index (Phi) is 3.62. The van der Waals surface area contributed by atoms with E-state index in [1.807, 2.05) is 30.3 Å². The molecule has 0 bridgehead atoms. The van der Waals surface area contributed by atoms with Crippen LogP contribution in [0.2, 0.25) is 10.0 Å². The van der Waals surface area contributed by atoms with E-state index in [1.165, 1.54) is 0 Å². The minimum absolute atomic E-state index is 0.370. The van der Waals surface area contributed by atoms with Crippen molar-refractivity contribution < 1.29 is 5.11 Å². The summed E-state index contributed by atoms with van der Waals surface area (Å²) in [6, 6.07) is 14.7. The largest absolute Gasteiger partial charge is 0.384 e. The molecule has 0 saturated heterocycles. The quantitative estimate of drug-likeness (QED) is 0.749. The zero-order valence-corrected chi connectivity index (χ0v) is 11.9. The first-order valence-corrected chi connectivity index (χ1v) is 6.89. The van der Waals surface area contributed by atoms with E-state index in [9.17, 15) is 5.11 Å². The van der Waals surface area contributed by atoms with Gasteiger partial charge in [0.25, 0.3) is 0 Å². The number of pyridine rings is 1. The second kappa shape index (κ2) is 5.41. The second-order valence-corrected chi connectivity index (χ2v) is 5.25. The number of para-hydroxylation sites is 1. The van der Waals surface area contributed by atoms with E-state index in [4.69, 9.17) is 23.2 Å². The summed E-state index contributed by atoms with van der Waals surface area (Å²) in [5, 5.41) is 12.4. The Morgan fingerprint density at radius 1 is 0.900 bits per heavy atom. The number of hydrogen-bond acceptors (Lipinski definition) is 2. The zero-order valence-electron chi connectivity index (χ0n) is 10.4. The number of hydrogen-bond donors (Lipinski definition) is 1. The number of fused-ring (bicyclic) bond motifs is 1. The fourth-order valence-electron chi connectivity index (χ4n) is 2.25. The summed E-state index contributed by atoms with van der Waals surface area (Å²) in [5.74, 6) is 0. The molecular weight excluding hydrogens is 293 g/mol. The van der Waals surface area contributed by atoms with Crippen LogP contribution in [0, 0.1) is 0 Å². The highest BCUT2D eigenvalue weighted by Gasteiger charge is 2.18. The fourth-order valence-corrected chi connectivity index (χ4v) is 2.66. The van der Waals surface area contributed by atoms with E-state index in [0.717, 1.165) is 10.9 Å². The van der Waals surface area contributed by atoms with Crippen LogP contribution in [0.3, 0.4) is 0 Å². The Labute approximate surface area is 126 Å². The lowest BCUT2D eigenvalue weighted by Crippen LogP contribution is -2.02. The summed E-state index contributed by atoms with van der Waals surface area (Å²) in [6.07, 6.45) is 0.845. The van der Waals surface area contributed by atoms with Crippen LogP contribution >= 0.6 is 23.2 Å². The third-order valence-electron chi connectivity index (χ3n) is 3.23. The lowest BCUT2D eigenvalue weighted by Gasteiger charge is -2.15.